The van der Waals surface area contributed by atoms with E-state index in [2.05, 4.69) is 0 Å². The highest BCUT2D eigenvalue weighted by molar-refractivity contribution is 5.85. The molecule has 1 aromatic carbocycles. The molecule has 1 unspecified atom stereocenters. The molecule has 1 aromatic rings. The Labute approximate surface area is 101 Å². The van der Waals surface area contributed by atoms with E-state index in [-0.39, 0.29) is 11.7 Å². The second-order valence-electron chi connectivity index (χ2n) is 4.78. The van der Waals surface area contributed by atoms with Gasteiger partial charge in [0, 0.05) is 5.92 Å². The Morgan fingerprint density at radius 1 is 1.41 bits per heavy atom. The molecule has 17 heavy (non-hydrogen) atoms. The van der Waals surface area contributed by atoms with E-state index in [0.717, 1.165) is 30.8 Å². The van der Waals surface area contributed by atoms with Gasteiger partial charge in [-0.05, 0) is 36.1 Å². The van der Waals surface area contributed by atoms with E-state index in [9.17, 15) is 9.90 Å². The first-order valence-corrected chi connectivity index (χ1v) is 6.07. The summed E-state index contributed by atoms with van der Waals surface area (Å²) in [5.41, 5.74) is 1.76. The highest BCUT2D eigenvalue weighted by Crippen LogP contribution is 2.28. The number of carbonyl (C=O) groups is 1. The van der Waals surface area contributed by atoms with Crippen molar-refractivity contribution in [3.63, 3.8) is 0 Å². The van der Waals surface area contributed by atoms with E-state index in [1.54, 1.807) is 19.9 Å². The van der Waals surface area contributed by atoms with Crippen LogP contribution < -0.4 is 4.74 Å². The fourth-order valence-electron chi connectivity index (χ4n) is 2.03. The molecular weight excluding hydrogens is 216 g/mol. The standard InChI is InChI=1S/C14H18O3/c1-9(2)13(15)14(16)11-5-6-12-10(8-11)4-3-7-17-12/h5-6,8-9,14,16H,3-4,7H2,1-2H3. The van der Waals surface area contributed by atoms with Crippen molar-refractivity contribution in [2.24, 2.45) is 5.92 Å². The smallest absolute Gasteiger partial charge is 0.168 e. The third-order valence-corrected chi connectivity index (χ3v) is 3.09. The zero-order valence-electron chi connectivity index (χ0n) is 10.3. The normalized spacial score (nSPS) is 16.2. The first-order chi connectivity index (χ1) is 8.09. The van der Waals surface area contributed by atoms with E-state index >= 15 is 0 Å². The molecule has 0 spiro atoms. The molecule has 0 saturated carbocycles. The van der Waals surface area contributed by atoms with E-state index in [1.807, 2.05) is 12.1 Å². The van der Waals surface area contributed by atoms with E-state index in [0.29, 0.717) is 5.56 Å². The predicted molar refractivity (Wildman–Crippen MR) is 65.1 cm³/mol. The molecule has 1 aliphatic heterocycles. The largest absolute Gasteiger partial charge is 0.493 e. The van der Waals surface area contributed by atoms with Crippen LogP contribution in [-0.4, -0.2) is 17.5 Å². The van der Waals surface area contributed by atoms with Gasteiger partial charge in [-0.25, -0.2) is 0 Å². The maximum Gasteiger partial charge on any atom is 0.168 e. The van der Waals surface area contributed by atoms with Crippen molar-refractivity contribution in [2.45, 2.75) is 32.8 Å². The van der Waals surface area contributed by atoms with Crippen molar-refractivity contribution in [1.29, 1.82) is 0 Å². The minimum Gasteiger partial charge on any atom is -0.493 e. The molecule has 0 radical (unpaired) electrons. The highest BCUT2D eigenvalue weighted by atomic mass is 16.5. The van der Waals surface area contributed by atoms with Gasteiger partial charge >= 0.3 is 0 Å². The summed E-state index contributed by atoms with van der Waals surface area (Å²) >= 11 is 0. The summed E-state index contributed by atoms with van der Waals surface area (Å²) in [7, 11) is 0. The number of fused-ring (bicyclic) bond motifs is 1. The van der Waals surface area contributed by atoms with Gasteiger partial charge in [0.25, 0.3) is 0 Å². The number of hydrogen-bond donors (Lipinski definition) is 1. The van der Waals surface area contributed by atoms with Crippen molar-refractivity contribution < 1.29 is 14.6 Å². The van der Waals surface area contributed by atoms with Crippen molar-refractivity contribution in [3.8, 4) is 5.75 Å². The number of ketones is 1. The molecule has 2 rings (SSSR count). The van der Waals surface area contributed by atoms with Crippen molar-refractivity contribution in [3.05, 3.63) is 29.3 Å². The van der Waals surface area contributed by atoms with Gasteiger partial charge in [0.05, 0.1) is 6.61 Å². The Kier molecular flexibility index (Phi) is 3.48. The lowest BCUT2D eigenvalue weighted by molar-refractivity contribution is -0.130. The van der Waals surface area contributed by atoms with Crippen LogP contribution in [0.3, 0.4) is 0 Å². The maximum absolute atomic E-state index is 11.7. The summed E-state index contributed by atoms with van der Waals surface area (Å²) in [6.07, 6.45) is 0.929. The lowest BCUT2D eigenvalue weighted by Crippen LogP contribution is -2.18. The molecule has 0 fully saturated rings. The summed E-state index contributed by atoms with van der Waals surface area (Å²) in [4.78, 5) is 11.7. The number of Topliss-reactive ketones (excluding diaryl/α,β-unsaturated/α-hetero) is 1. The Bertz CT molecular complexity index is 423. The van der Waals surface area contributed by atoms with Crippen LogP contribution in [0.5, 0.6) is 5.75 Å². The van der Waals surface area contributed by atoms with Crippen molar-refractivity contribution >= 4 is 5.78 Å². The second kappa shape index (κ2) is 4.88. The van der Waals surface area contributed by atoms with Crippen LogP contribution in [0.1, 0.15) is 37.5 Å². The maximum atomic E-state index is 11.7. The first kappa shape index (κ1) is 12.1. The van der Waals surface area contributed by atoms with E-state index < -0.39 is 6.10 Å². The number of benzene rings is 1. The van der Waals surface area contributed by atoms with Gasteiger partial charge in [0.15, 0.2) is 5.78 Å². The van der Waals surface area contributed by atoms with Crippen LogP contribution in [-0.2, 0) is 11.2 Å². The molecule has 1 heterocycles. The van der Waals surface area contributed by atoms with Crippen LogP contribution in [0.2, 0.25) is 0 Å². The first-order valence-electron chi connectivity index (χ1n) is 6.07. The third kappa shape index (κ3) is 2.50. The van der Waals surface area contributed by atoms with Gasteiger partial charge in [0.2, 0.25) is 0 Å². The highest BCUT2D eigenvalue weighted by Gasteiger charge is 2.21. The number of aliphatic hydroxyl groups excluding tert-OH is 1. The van der Waals surface area contributed by atoms with Crippen LogP contribution in [0.25, 0.3) is 0 Å². The molecule has 1 atom stereocenters. The van der Waals surface area contributed by atoms with Crippen molar-refractivity contribution in [1.82, 2.24) is 0 Å². The van der Waals surface area contributed by atoms with Crippen LogP contribution in [0, 0.1) is 5.92 Å². The summed E-state index contributed by atoms with van der Waals surface area (Å²) in [5.74, 6) is 0.586. The monoisotopic (exact) mass is 234 g/mol. The van der Waals surface area contributed by atoms with E-state index in [1.165, 1.54) is 0 Å². The number of carbonyl (C=O) groups excluding carboxylic acids is 1. The lowest BCUT2D eigenvalue weighted by Gasteiger charge is -2.19. The predicted octanol–water partition coefficient (Wildman–Crippen LogP) is 2.27. The minimum atomic E-state index is -1.01. The summed E-state index contributed by atoms with van der Waals surface area (Å²) in [5, 5.41) is 9.97. The van der Waals surface area contributed by atoms with Crippen LogP contribution in [0.4, 0.5) is 0 Å². The summed E-state index contributed by atoms with van der Waals surface area (Å²) in [6, 6.07) is 5.51. The molecule has 0 amide bonds. The van der Waals surface area contributed by atoms with Gasteiger partial charge in [-0.15, -0.1) is 0 Å². The molecule has 1 N–H and O–H groups in total. The quantitative estimate of drug-likeness (QED) is 0.872. The van der Waals surface area contributed by atoms with Crippen molar-refractivity contribution in [2.75, 3.05) is 6.61 Å². The number of rotatable bonds is 3. The minimum absolute atomic E-state index is 0.137. The molecule has 1 aliphatic rings. The lowest BCUT2D eigenvalue weighted by atomic mass is 9.95. The molecule has 0 bridgehead atoms. The second-order valence-corrected chi connectivity index (χ2v) is 4.78. The third-order valence-electron chi connectivity index (χ3n) is 3.09. The molecule has 0 aliphatic carbocycles. The summed E-state index contributed by atoms with van der Waals surface area (Å²) in [6.45, 7) is 4.35. The Hall–Kier alpha value is -1.35. The zero-order chi connectivity index (χ0) is 12.4. The average molecular weight is 234 g/mol. The fraction of sp³-hybridized carbons (Fsp3) is 0.500. The van der Waals surface area contributed by atoms with Gasteiger partial charge in [-0.3, -0.25) is 4.79 Å². The van der Waals surface area contributed by atoms with Gasteiger partial charge in [-0.1, -0.05) is 19.9 Å². The number of ether oxygens (including phenoxy) is 1. The topological polar surface area (TPSA) is 46.5 Å². The van der Waals surface area contributed by atoms with E-state index in [4.69, 9.17) is 4.74 Å². The van der Waals surface area contributed by atoms with Crippen LogP contribution >= 0.6 is 0 Å². The Morgan fingerprint density at radius 2 is 2.18 bits per heavy atom. The Morgan fingerprint density at radius 3 is 2.88 bits per heavy atom. The molecule has 92 valence electrons. The summed E-state index contributed by atoms with van der Waals surface area (Å²) < 4.78 is 5.50. The molecule has 3 heteroatoms. The van der Waals surface area contributed by atoms with Gasteiger partial charge in [-0.2, -0.15) is 0 Å². The molecular formula is C14H18O3. The number of hydrogen-bond acceptors (Lipinski definition) is 3. The fourth-order valence-corrected chi connectivity index (χ4v) is 2.03. The SMILES string of the molecule is CC(C)C(=O)C(O)c1ccc2c(c1)CCCO2. The van der Waals surface area contributed by atoms with Gasteiger partial charge < -0.3 is 9.84 Å². The molecule has 0 saturated heterocycles. The molecule has 0 aromatic heterocycles. The Balaban J connectivity index is 2.24. The zero-order valence-corrected chi connectivity index (χ0v) is 10.3. The molecule has 3 nitrogen and oxygen atoms in total. The van der Waals surface area contributed by atoms with Crippen LogP contribution in [0.15, 0.2) is 18.2 Å². The number of aliphatic hydroxyl groups is 1. The average Bonchev–Trinajstić information content (AvgIpc) is 2.36. The number of aryl methyl sites for hydroxylation is 1. The van der Waals surface area contributed by atoms with Gasteiger partial charge in [0.1, 0.15) is 11.9 Å².